The van der Waals surface area contributed by atoms with E-state index in [2.05, 4.69) is 22.4 Å². The Bertz CT molecular complexity index is 692. The summed E-state index contributed by atoms with van der Waals surface area (Å²) in [5.41, 5.74) is 1.05. The molecule has 26 heavy (non-hydrogen) atoms. The quantitative estimate of drug-likeness (QED) is 0.836. The number of aromatic nitrogens is 2. The van der Waals surface area contributed by atoms with Gasteiger partial charge in [0.1, 0.15) is 0 Å². The number of piperidine rings is 1. The summed E-state index contributed by atoms with van der Waals surface area (Å²) in [6, 6.07) is 10.2. The highest BCUT2D eigenvalue weighted by Crippen LogP contribution is 2.26. The van der Waals surface area contributed by atoms with Crippen molar-refractivity contribution in [3.8, 4) is 0 Å². The van der Waals surface area contributed by atoms with Crippen molar-refractivity contribution in [3.63, 3.8) is 0 Å². The molecule has 7 heteroatoms. The van der Waals surface area contributed by atoms with Crippen LogP contribution in [-0.2, 0) is 17.6 Å². The highest BCUT2D eigenvalue weighted by atomic mass is 35.5. The first-order chi connectivity index (χ1) is 12.2. The van der Waals surface area contributed by atoms with E-state index in [0.29, 0.717) is 24.9 Å². The van der Waals surface area contributed by atoms with Crippen LogP contribution in [0.4, 0.5) is 0 Å². The van der Waals surface area contributed by atoms with E-state index in [4.69, 9.17) is 4.52 Å². The van der Waals surface area contributed by atoms with Crippen LogP contribution in [-0.4, -0.2) is 47.1 Å². The Kier molecular flexibility index (Phi) is 7.60. The Morgan fingerprint density at radius 1 is 1.38 bits per heavy atom. The summed E-state index contributed by atoms with van der Waals surface area (Å²) in [5.74, 6) is 1.69. The minimum Gasteiger partial charge on any atom is -0.342 e. The molecule has 1 aromatic heterocycles. The normalized spacial score (nSPS) is 18.2. The van der Waals surface area contributed by atoms with Crippen LogP contribution in [0.15, 0.2) is 34.9 Å². The molecule has 3 rings (SSSR count). The lowest BCUT2D eigenvalue weighted by Gasteiger charge is -2.31. The van der Waals surface area contributed by atoms with Gasteiger partial charge in [-0.15, -0.1) is 12.4 Å². The summed E-state index contributed by atoms with van der Waals surface area (Å²) in [6.45, 7) is 3.55. The number of hydrogen-bond donors (Lipinski definition) is 1. The number of carbonyl (C=O) groups is 1. The first-order valence-corrected chi connectivity index (χ1v) is 8.97. The summed E-state index contributed by atoms with van der Waals surface area (Å²) in [7, 11) is 1.92. The molecule has 1 aromatic carbocycles. The fraction of sp³-hybridized carbons (Fsp3) is 0.526. The Morgan fingerprint density at radius 2 is 2.15 bits per heavy atom. The van der Waals surface area contributed by atoms with E-state index in [1.165, 1.54) is 0 Å². The summed E-state index contributed by atoms with van der Waals surface area (Å²) in [6.07, 6.45) is 3.14. The number of hydrogen-bond acceptors (Lipinski definition) is 5. The van der Waals surface area contributed by atoms with Gasteiger partial charge in [0.25, 0.3) is 0 Å². The van der Waals surface area contributed by atoms with Gasteiger partial charge in [-0.25, -0.2) is 0 Å². The Labute approximate surface area is 160 Å². The van der Waals surface area contributed by atoms with Gasteiger partial charge in [-0.2, -0.15) is 4.98 Å². The van der Waals surface area contributed by atoms with Crippen LogP contribution in [0.3, 0.4) is 0 Å². The Hall–Kier alpha value is -1.92. The molecule has 142 valence electrons. The van der Waals surface area contributed by atoms with E-state index in [0.717, 1.165) is 37.2 Å². The van der Waals surface area contributed by atoms with E-state index < -0.39 is 0 Å². The number of likely N-dealkylation sites (N-methyl/N-ethyl adjacent to an activating group) is 1. The lowest BCUT2D eigenvalue weighted by molar-refractivity contribution is -0.131. The average molecular weight is 379 g/mol. The van der Waals surface area contributed by atoms with Gasteiger partial charge in [-0.05, 0) is 32.4 Å². The van der Waals surface area contributed by atoms with Crippen molar-refractivity contribution in [1.29, 1.82) is 0 Å². The van der Waals surface area contributed by atoms with E-state index in [-0.39, 0.29) is 24.2 Å². The molecular formula is C19H27ClN4O2. The molecule has 2 atom stereocenters. The number of nitrogens with zero attached hydrogens (tertiary/aromatic N) is 3. The molecule has 6 nitrogen and oxygen atoms in total. The Morgan fingerprint density at radius 3 is 2.88 bits per heavy atom. The summed E-state index contributed by atoms with van der Waals surface area (Å²) < 4.78 is 5.47. The second kappa shape index (κ2) is 9.69. The van der Waals surface area contributed by atoms with Gasteiger partial charge in [0.2, 0.25) is 11.8 Å². The molecule has 2 aromatic rings. The number of amides is 1. The van der Waals surface area contributed by atoms with Crippen LogP contribution in [0.25, 0.3) is 0 Å². The smallest absolute Gasteiger partial charge is 0.231 e. The fourth-order valence-electron chi connectivity index (χ4n) is 3.18. The van der Waals surface area contributed by atoms with Crippen molar-refractivity contribution in [2.24, 2.45) is 0 Å². The zero-order valence-electron chi connectivity index (χ0n) is 15.4. The monoisotopic (exact) mass is 378 g/mol. The fourth-order valence-corrected chi connectivity index (χ4v) is 3.18. The van der Waals surface area contributed by atoms with Crippen molar-refractivity contribution in [2.45, 2.75) is 44.6 Å². The third-order valence-corrected chi connectivity index (χ3v) is 4.79. The first-order valence-electron chi connectivity index (χ1n) is 8.97. The van der Waals surface area contributed by atoms with E-state index in [9.17, 15) is 4.79 Å². The summed E-state index contributed by atoms with van der Waals surface area (Å²) in [4.78, 5) is 19.1. The van der Waals surface area contributed by atoms with Crippen molar-refractivity contribution in [3.05, 3.63) is 47.6 Å². The Balaban J connectivity index is 0.00000243. The summed E-state index contributed by atoms with van der Waals surface area (Å²) in [5, 5.41) is 7.26. The third kappa shape index (κ3) is 5.29. The standard InChI is InChI=1S/C19H26N4O2.ClH/c1-14(20-2)11-17-21-19(25-22-17)16-9-6-10-23(13-16)18(24)12-15-7-4-3-5-8-15;/h3-5,7-8,14,16,20H,6,9-13H2,1-2H3;1H. The maximum Gasteiger partial charge on any atom is 0.231 e. The molecular weight excluding hydrogens is 352 g/mol. The maximum atomic E-state index is 12.6. The zero-order chi connectivity index (χ0) is 17.6. The highest BCUT2D eigenvalue weighted by molar-refractivity contribution is 5.85. The van der Waals surface area contributed by atoms with E-state index in [1.54, 1.807) is 0 Å². The molecule has 0 saturated carbocycles. The molecule has 0 spiro atoms. The maximum absolute atomic E-state index is 12.6. The minimum absolute atomic E-state index is 0. The van der Waals surface area contributed by atoms with Crippen LogP contribution in [0, 0.1) is 0 Å². The molecule has 1 amide bonds. The van der Waals surface area contributed by atoms with Gasteiger partial charge in [0.05, 0.1) is 12.3 Å². The largest absolute Gasteiger partial charge is 0.342 e. The third-order valence-electron chi connectivity index (χ3n) is 4.79. The summed E-state index contributed by atoms with van der Waals surface area (Å²) >= 11 is 0. The van der Waals surface area contributed by atoms with Crippen LogP contribution >= 0.6 is 12.4 Å². The van der Waals surface area contributed by atoms with Gasteiger partial charge < -0.3 is 14.7 Å². The molecule has 2 unspecified atom stereocenters. The van der Waals surface area contributed by atoms with Crippen molar-refractivity contribution in [2.75, 3.05) is 20.1 Å². The van der Waals surface area contributed by atoms with Gasteiger partial charge in [-0.1, -0.05) is 35.5 Å². The predicted molar refractivity (Wildman–Crippen MR) is 102 cm³/mol. The first kappa shape index (κ1) is 20.4. The zero-order valence-corrected chi connectivity index (χ0v) is 16.2. The molecule has 0 bridgehead atoms. The lowest BCUT2D eigenvalue weighted by Crippen LogP contribution is -2.40. The molecule has 1 N–H and O–H groups in total. The number of rotatable bonds is 6. The van der Waals surface area contributed by atoms with Crippen LogP contribution < -0.4 is 5.32 Å². The van der Waals surface area contributed by atoms with Crippen LogP contribution in [0.1, 0.15) is 43.0 Å². The van der Waals surface area contributed by atoms with Crippen LogP contribution in [0.2, 0.25) is 0 Å². The van der Waals surface area contributed by atoms with E-state index in [1.807, 2.05) is 42.3 Å². The second-order valence-electron chi connectivity index (χ2n) is 6.78. The second-order valence-corrected chi connectivity index (χ2v) is 6.78. The number of carbonyl (C=O) groups excluding carboxylic acids is 1. The van der Waals surface area contributed by atoms with Gasteiger partial charge in [-0.3, -0.25) is 4.79 Å². The van der Waals surface area contributed by atoms with Gasteiger partial charge in [0.15, 0.2) is 5.82 Å². The van der Waals surface area contributed by atoms with Gasteiger partial charge in [0, 0.05) is 25.6 Å². The lowest BCUT2D eigenvalue weighted by atomic mass is 9.97. The molecule has 0 radical (unpaired) electrons. The van der Waals surface area contributed by atoms with E-state index >= 15 is 0 Å². The van der Waals surface area contributed by atoms with Gasteiger partial charge >= 0.3 is 0 Å². The minimum atomic E-state index is 0. The van der Waals surface area contributed by atoms with Crippen LogP contribution in [0.5, 0.6) is 0 Å². The number of likely N-dealkylation sites (tertiary alicyclic amines) is 1. The molecule has 1 fully saturated rings. The average Bonchev–Trinajstić information content (AvgIpc) is 3.11. The van der Waals surface area contributed by atoms with Crippen molar-refractivity contribution in [1.82, 2.24) is 20.4 Å². The van der Waals surface area contributed by atoms with Crippen molar-refractivity contribution >= 4 is 18.3 Å². The topological polar surface area (TPSA) is 71.3 Å². The predicted octanol–water partition coefficient (Wildman–Crippen LogP) is 2.59. The highest BCUT2D eigenvalue weighted by Gasteiger charge is 2.28. The molecule has 1 aliphatic rings. The SMILES string of the molecule is CNC(C)Cc1noc(C2CCCN(C(=O)Cc3ccccc3)C2)n1.Cl. The number of benzene rings is 1. The molecule has 0 aliphatic carbocycles. The number of nitrogens with one attached hydrogen (secondary N) is 1. The number of halogens is 1. The molecule has 1 aliphatic heterocycles. The molecule has 1 saturated heterocycles. The van der Waals surface area contributed by atoms with Crippen molar-refractivity contribution < 1.29 is 9.32 Å². The molecule has 2 heterocycles.